The molecule has 6 heteroatoms. The van der Waals surface area contributed by atoms with Gasteiger partial charge in [-0.3, -0.25) is 4.90 Å². The molecule has 0 aliphatic heterocycles. The van der Waals surface area contributed by atoms with Crippen molar-refractivity contribution in [1.82, 2.24) is 9.88 Å². The number of nitrogens with one attached hydrogen (secondary N) is 1. The summed E-state index contributed by atoms with van der Waals surface area (Å²) in [6.07, 6.45) is 1.55. The maximum absolute atomic E-state index is 5.86. The van der Waals surface area contributed by atoms with Gasteiger partial charge in [-0.15, -0.1) is 6.58 Å². The van der Waals surface area contributed by atoms with Gasteiger partial charge in [0.15, 0.2) is 0 Å². The molecule has 132 valence electrons. The molecule has 0 amide bonds. The van der Waals surface area contributed by atoms with E-state index in [-0.39, 0.29) is 6.10 Å². The summed E-state index contributed by atoms with van der Waals surface area (Å²) < 4.78 is 11.3. The molecule has 6 nitrogen and oxygen atoms in total. The van der Waals surface area contributed by atoms with Crippen LogP contribution in [0.4, 0.5) is 5.69 Å². The average molecular weight is 332 g/mol. The molecule has 0 saturated heterocycles. The zero-order valence-corrected chi connectivity index (χ0v) is 15.1. The van der Waals surface area contributed by atoms with Crippen LogP contribution in [0, 0.1) is 18.9 Å². The van der Waals surface area contributed by atoms with Gasteiger partial charge in [0, 0.05) is 6.04 Å². The van der Waals surface area contributed by atoms with Crippen LogP contribution >= 0.6 is 0 Å². The summed E-state index contributed by atoms with van der Waals surface area (Å²) in [4.78, 5) is 6.68. The minimum absolute atomic E-state index is 0.153. The maximum atomic E-state index is 5.86. The summed E-state index contributed by atoms with van der Waals surface area (Å²) >= 11 is 0. The van der Waals surface area contributed by atoms with E-state index >= 15 is 0 Å². The van der Waals surface area contributed by atoms with Crippen LogP contribution in [0.25, 0.3) is 0 Å². The zero-order valence-electron chi connectivity index (χ0n) is 15.1. The van der Waals surface area contributed by atoms with Crippen LogP contribution in [0.3, 0.4) is 0 Å². The van der Waals surface area contributed by atoms with E-state index in [9.17, 15) is 0 Å². The van der Waals surface area contributed by atoms with Gasteiger partial charge in [0.2, 0.25) is 5.88 Å². The molecule has 1 rings (SSSR count). The van der Waals surface area contributed by atoms with Crippen molar-refractivity contribution in [2.24, 2.45) is 5.73 Å². The second-order valence-electron chi connectivity index (χ2n) is 5.51. The van der Waals surface area contributed by atoms with Crippen LogP contribution in [0.15, 0.2) is 18.7 Å². The van der Waals surface area contributed by atoms with Gasteiger partial charge in [0.25, 0.3) is 0 Å². The minimum atomic E-state index is -0.153. The normalized spacial score (nSPS) is 11.5. The number of nitrogens with zero attached hydrogens (tertiary/aromatic N) is 2. The highest BCUT2D eigenvalue weighted by Gasteiger charge is 2.13. The molecule has 1 aromatic heterocycles. The van der Waals surface area contributed by atoms with E-state index in [2.05, 4.69) is 40.7 Å². The summed E-state index contributed by atoms with van der Waals surface area (Å²) in [7, 11) is 2.04. The number of anilines is 1. The largest absolute Gasteiger partial charge is 0.471 e. The van der Waals surface area contributed by atoms with Crippen LogP contribution in [0.2, 0.25) is 0 Å². The van der Waals surface area contributed by atoms with Gasteiger partial charge in [-0.05, 0) is 39.4 Å². The molecule has 24 heavy (non-hydrogen) atoms. The third kappa shape index (κ3) is 6.49. The van der Waals surface area contributed by atoms with Gasteiger partial charge >= 0.3 is 0 Å². The number of hydrogen-bond acceptors (Lipinski definition) is 6. The fourth-order valence-corrected chi connectivity index (χ4v) is 1.89. The number of aromatic nitrogens is 1. The summed E-state index contributed by atoms with van der Waals surface area (Å²) in [5, 5.41) is 3.35. The Bertz CT molecular complexity index is 593. The van der Waals surface area contributed by atoms with Crippen molar-refractivity contribution < 1.29 is 9.47 Å². The summed E-state index contributed by atoms with van der Waals surface area (Å²) in [5.41, 5.74) is 7.79. The van der Waals surface area contributed by atoms with Crippen molar-refractivity contribution in [1.29, 1.82) is 0 Å². The standard InChI is InChI=1S/C18H28N4O2/c1-6-10-23-12-14(3)24-18-16(8-9-19)11-17(15(4)21-18)20-13-22(5)7-2/h6,11,14,20H,1,7,10,12-13,19H2,2-5H3. The van der Waals surface area contributed by atoms with Crippen LogP contribution in [-0.4, -0.2) is 49.5 Å². The molecule has 0 fully saturated rings. The first-order chi connectivity index (χ1) is 11.5. The first-order valence-electron chi connectivity index (χ1n) is 8.02. The van der Waals surface area contributed by atoms with Gasteiger partial charge in [0.05, 0.1) is 36.8 Å². The number of hydrogen-bond donors (Lipinski definition) is 2. The van der Waals surface area contributed by atoms with E-state index in [0.29, 0.717) is 24.7 Å². The molecule has 0 spiro atoms. The quantitative estimate of drug-likeness (QED) is 0.224. The highest BCUT2D eigenvalue weighted by atomic mass is 16.5. The van der Waals surface area contributed by atoms with E-state index < -0.39 is 0 Å². The first-order valence-corrected chi connectivity index (χ1v) is 8.02. The van der Waals surface area contributed by atoms with Gasteiger partial charge in [-0.2, -0.15) is 0 Å². The van der Waals surface area contributed by atoms with Crippen LogP contribution in [0.1, 0.15) is 25.1 Å². The zero-order chi connectivity index (χ0) is 17.9. The van der Waals surface area contributed by atoms with Crippen molar-refractivity contribution in [3.63, 3.8) is 0 Å². The molecular weight excluding hydrogens is 304 g/mol. The van der Waals surface area contributed by atoms with E-state index in [1.54, 1.807) is 6.08 Å². The molecule has 3 N–H and O–H groups in total. The van der Waals surface area contributed by atoms with Crippen LogP contribution < -0.4 is 15.8 Å². The molecular formula is C18H28N4O2. The predicted octanol–water partition coefficient (Wildman–Crippen LogP) is 1.95. The third-order valence-corrected chi connectivity index (χ3v) is 3.37. The SMILES string of the molecule is C=CCOCC(C)Oc1nc(C)c(NCN(C)CC)cc1C#CN. The fraction of sp³-hybridized carbons (Fsp3) is 0.500. The van der Waals surface area contributed by atoms with E-state index in [1.807, 2.05) is 27.0 Å². The molecule has 1 heterocycles. The molecule has 0 radical (unpaired) electrons. The Balaban J connectivity index is 2.89. The minimum Gasteiger partial charge on any atom is -0.471 e. The molecule has 0 aromatic carbocycles. The second kappa shape index (κ2) is 10.5. The third-order valence-electron chi connectivity index (χ3n) is 3.37. The smallest absolute Gasteiger partial charge is 0.230 e. The highest BCUT2D eigenvalue weighted by molar-refractivity contribution is 5.56. The van der Waals surface area contributed by atoms with E-state index in [1.165, 1.54) is 0 Å². The average Bonchev–Trinajstić information content (AvgIpc) is 2.56. The summed E-state index contributed by atoms with van der Waals surface area (Å²) in [5.74, 6) is 3.31. The van der Waals surface area contributed by atoms with E-state index in [4.69, 9.17) is 15.2 Å². The Morgan fingerprint density at radius 3 is 2.92 bits per heavy atom. The predicted molar refractivity (Wildman–Crippen MR) is 97.9 cm³/mol. The van der Waals surface area contributed by atoms with Gasteiger partial charge in [-0.25, -0.2) is 4.98 Å². The summed E-state index contributed by atoms with van der Waals surface area (Å²) in [6, 6.07) is 4.33. The van der Waals surface area contributed by atoms with Crippen molar-refractivity contribution in [3.8, 4) is 17.8 Å². The Hall–Kier alpha value is -2.23. The Morgan fingerprint density at radius 1 is 1.54 bits per heavy atom. The lowest BCUT2D eigenvalue weighted by molar-refractivity contribution is 0.0709. The van der Waals surface area contributed by atoms with Crippen molar-refractivity contribution >= 4 is 5.69 Å². The Morgan fingerprint density at radius 2 is 2.29 bits per heavy atom. The lowest BCUT2D eigenvalue weighted by atomic mass is 10.2. The van der Waals surface area contributed by atoms with Crippen LogP contribution in [0.5, 0.6) is 5.88 Å². The van der Waals surface area contributed by atoms with Crippen LogP contribution in [-0.2, 0) is 4.74 Å². The highest BCUT2D eigenvalue weighted by Crippen LogP contribution is 2.23. The molecule has 1 aromatic rings. The fourth-order valence-electron chi connectivity index (χ4n) is 1.89. The number of ether oxygens (including phenoxy) is 2. The number of aryl methyl sites for hydroxylation is 1. The van der Waals surface area contributed by atoms with Gasteiger partial charge < -0.3 is 20.5 Å². The molecule has 1 atom stereocenters. The molecule has 0 saturated carbocycles. The second-order valence-corrected chi connectivity index (χ2v) is 5.51. The van der Waals surface area contributed by atoms with Gasteiger partial charge in [-0.1, -0.05) is 13.0 Å². The summed E-state index contributed by atoms with van der Waals surface area (Å²) in [6.45, 7) is 12.2. The monoisotopic (exact) mass is 332 g/mol. The van der Waals surface area contributed by atoms with Crippen molar-refractivity contribution in [2.75, 3.05) is 38.8 Å². The number of rotatable bonds is 10. The topological polar surface area (TPSA) is 72.6 Å². The van der Waals surface area contributed by atoms with Gasteiger partial charge in [0.1, 0.15) is 6.10 Å². The maximum Gasteiger partial charge on any atom is 0.230 e. The molecule has 0 aliphatic rings. The van der Waals surface area contributed by atoms with Crippen molar-refractivity contribution in [3.05, 3.63) is 30.0 Å². The lowest BCUT2D eigenvalue weighted by Gasteiger charge is -2.19. The molecule has 1 unspecified atom stereocenters. The number of nitrogens with two attached hydrogens (primary N) is 1. The number of pyridine rings is 1. The first kappa shape index (κ1) is 19.8. The lowest BCUT2D eigenvalue weighted by Crippen LogP contribution is -2.25. The van der Waals surface area contributed by atoms with E-state index in [0.717, 1.165) is 24.6 Å². The Labute approximate surface area is 145 Å². The molecule has 0 aliphatic carbocycles. The Kier molecular flexibility index (Phi) is 8.69. The molecule has 0 bridgehead atoms. The van der Waals surface area contributed by atoms with Crippen molar-refractivity contribution in [2.45, 2.75) is 26.9 Å².